The Kier molecular flexibility index (Phi) is 8.15. The Morgan fingerprint density at radius 3 is 1.78 bits per heavy atom. The van der Waals surface area contributed by atoms with E-state index in [1.807, 2.05) is 0 Å². The molecule has 0 aliphatic carbocycles. The number of hydrogen-bond donors (Lipinski definition) is 1. The molecule has 1 N–H and O–H groups in total. The van der Waals surface area contributed by atoms with Gasteiger partial charge < -0.3 is 32.5 Å². The summed E-state index contributed by atoms with van der Waals surface area (Å²) in [5.41, 5.74) is 0. The van der Waals surface area contributed by atoms with Crippen molar-refractivity contribution in [1.82, 2.24) is 0 Å². The molecule has 190 valence electrons. The summed E-state index contributed by atoms with van der Waals surface area (Å²) in [6, 6.07) is 0. The molecule has 2 aliphatic rings. The second-order valence-electron chi connectivity index (χ2n) is 12.0. The standard InChI is InChI=1S/C21H45O8PSi2/c1-19(2,3)31(9,10)28-17-16-15(13-22)26-21(27-16,14-30(23,24-7)25-8)18(17)29-32(11,12)20(4,5)6/h15-18,22H,13-14H2,1-12H3/t15-,16+,17+,18-,21?/m1/s1. The van der Waals surface area contributed by atoms with Crippen molar-refractivity contribution in [3.8, 4) is 0 Å². The minimum atomic E-state index is -3.52. The lowest BCUT2D eigenvalue weighted by molar-refractivity contribution is -0.205. The lowest BCUT2D eigenvalue weighted by Gasteiger charge is -2.48. The molecule has 0 aromatic heterocycles. The van der Waals surface area contributed by atoms with Gasteiger partial charge in [0.25, 0.3) is 0 Å². The summed E-state index contributed by atoms with van der Waals surface area (Å²) in [6.07, 6.45) is -2.37. The highest BCUT2D eigenvalue weighted by atomic mass is 31.2. The van der Waals surface area contributed by atoms with Crippen LogP contribution in [-0.4, -0.2) is 78.9 Å². The molecule has 0 radical (unpaired) electrons. The van der Waals surface area contributed by atoms with E-state index in [2.05, 4.69) is 67.7 Å². The average molecular weight is 513 g/mol. The van der Waals surface area contributed by atoms with E-state index in [-0.39, 0.29) is 22.8 Å². The Labute approximate surface area is 196 Å². The fourth-order valence-electron chi connectivity index (χ4n) is 3.57. The zero-order valence-electron chi connectivity index (χ0n) is 22.0. The van der Waals surface area contributed by atoms with Crippen LogP contribution in [0.2, 0.25) is 36.3 Å². The molecule has 5 atom stereocenters. The summed E-state index contributed by atoms with van der Waals surface area (Å²) in [6.45, 7) is 21.5. The van der Waals surface area contributed by atoms with Crippen molar-refractivity contribution in [2.45, 2.75) is 108 Å². The lowest BCUT2D eigenvalue weighted by atomic mass is 9.99. The van der Waals surface area contributed by atoms with Crippen LogP contribution in [0, 0.1) is 0 Å². The van der Waals surface area contributed by atoms with Crippen LogP contribution >= 0.6 is 7.60 Å². The first kappa shape index (κ1) is 28.6. The molecule has 2 aliphatic heterocycles. The molecule has 0 aromatic carbocycles. The molecular weight excluding hydrogens is 467 g/mol. The van der Waals surface area contributed by atoms with Crippen LogP contribution in [0.4, 0.5) is 0 Å². The molecule has 2 rings (SSSR count). The predicted octanol–water partition coefficient (Wildman–Crippen LogP) is 4.74. The molecule has 0 aromatic rings. The Hall–Kier alpha value is 0.384. The van der Waals surface area contributed by atoms with Gasteiger partial charge in [0.05, 0.1) is 6.61 Å². The molecule has 2 saturated heterocycles. The minimum absolute atomic E-state index is 0.0343. The Morgan fingerprint density at radius 1 is 0.906 bits per heavy atom. The topological polar surface area (TPSA) is 92.7 Å². The van der Waals surface area contributed by atoms with E-state index in [9.17, 15) is 9.67 Å². The molecule has 11 heteroatoms. The summed E-state index contributed by atoms with van der Waals surface area (Å²) >= 11 is 0. The monoisotopic (exact) mass is 512 g/mol. The quantitative estimate of drug-likeness (QED) is 0.350. The lowest BCUT2D eigenvalue weighted by Crippen LogP contribution is -2.62. The van der Waals surface area contributed by atoms with Gasteiger partial charge >= 0.3 is 7.60 Å². The van der Waals surface area contributed by atoms with E-state index in [4.69, 9.17) is 27.4 Å². The van der Waals surface area contributed by atoms with E-state index < -0.39 is 54.4 Å². The zero-order chi connectivity index (χ0) is 25.0. The molecular formula is C21H45O8PSi2. The fourth-order valence-corrected chi connectivity index (χ4v) is 7.44. The summed E-state index contributed by atoms with van der Waals surface area (Å²) in [7, 11) is -5.36. The van der Waals surface area contributed by atoms with Crippen LogP contribution in [0.15, 0.2) is 0 Å². The third-order valence-electron chi connectivity index (χ3n) is 7.72. The normalized spacial score (nSPS) is 32.0. The van der Waals surface area contributed by atoms with Gasteiger partial charge in [-0.15, -0.1) is 0 Å². The largest absolute Gasteiger partial charge is 0.408 e. The molecule has 32 heavy (non-hydrogen) atoms. The summed E-state index contributed by atoms with van der Waals surface area (Å²) in [4.78, 5) is 0. The smallest absolute Gasteiger partial charge is 0.335 e. The number of hydrogen-bond acceptors (Lipinski definition) is 8. The van der Waals surface area contributed by atoms with Crippen molar-refractivity contribution in [1.29, 1.82) is 0 Å². The number of ether oxygens (including phenoxy) is 2. The second kappa shape index (κ2) is 9.11. The summed E-state index contributed by atoms with van der Waals surface area (Å²) in [5, 5.41) is 9.92. The Morgan fingerprint density at radius 2 is 1.38 bits per heavy atom. The van der Waals surface area contributed by atoms with Crippen LogP contribution < -0.4 is 0 Å². The van der Waals surface area contributed by atoms with Gasteiger partial charge in [-0.3, -0.25) is 4.57 Å². The van der Waals surface area contributed by atoms with Gasteiger partial charge in [0.1, 0.15) is 30.6 Å². The molecule has 2 bridgehead atoms. The number of rotatable bonds is 9. The maximum Gasteiger partial charge on any atom is 0.335 e. The average Bonchev–Trinajstić information content (AvgIpc) is 3.13. The van der Waals surface area contributed by atoms with Crippen LogP contribution in [0.5, 0.6) is 0 Å². The first-order valence-corrected chi connectivity index (χ1v) is 18.9. The number of aliphatic hydroxyl groups excluding tert-OH is 1. The highest BCUT2D eigenvalue weighted by Gasteiger charge is 2.70. The van der Waals surface area contributed by atoms with Crippen molar-refractivity contribution in [3.63, 3.8) is 0 Å². The van der Waals surface area contributed by atoms with Crippen LogP contribution in [0.1, 0.15) is 41.5 Å². The third-order valence-corrected chi connectivity index (χ3v) is 18.6. The minimum Gasteiger partial charge on any atom is -0.408 e. The molecule has 1 unspecified atom stereocenters. The zero-order valence-corrected chi connectivity index (χ0v) is 24.9. The molecule has 0 spiro atoms. The van der Waals surface area contributed by atoms with E-state index in [1.54, 1.807) is 0 Å². The highest BCUT2D eigenvalue weighted by Crippen LogP contribution is 2.58. The van der Waals surface area contributed by atoms with Crippen molar-refractivity contribution in [2.75, 3.05) is 27.0 Å². The van der Waals surface area contributed by atoms with Crippen molar-refractivity contribution in [2.24, 2.45) is 0 Å². The van der Waals surface area contributed by atoms with Gasteiger partial charge in [-0.2, -0.15) is 0 Å². The van der Waals surface area contributed by atoms with Gasteiger partial charge in [0.15, 0.2) is 16.6 Å². The SMILES string of the molecule is COP(=O)(CC12O[C@H]([C@H](O[Si](C)(C)C(C)(C)C)[C@H]1O[Si](C)(C)C(C)(C)C)[C@@H](CO)O2)OC. The first-order chi connectivity index (χ1) is 14.3. The van der Waals surface area contributed by atoms with Crippen LogP contribution in [0.3, 0.4) is 0 Å². The van der Waals surface area contributed by atoms with E-state index >= 15 is 0 Å². The van der Waals surface area contributed by atoms with Crippen molar-refractivity contribution in [3.05, 3.63) is 0 Å². The predicted molar refractivity (Wildman–Crippen MR) is 130 cm³/mol. The van der Waals surface area contributed by atoms with E-state index in [1.165, 1.54) is 14.2 Å². The van der Waals surface area contributed by atoms with Gasteiger partial charge in [-0.05, 0) is 36.3 Å². The maximum absolute atomic E-state index is 13.2. The molecule has 0 saturated carbocycles. The fraction of sp³-hybridized carbons (Fsp3) is 1.00. The Balaban J connectivity index is 2.56. The number of aliphatic hydroxyl groups is 1. The van der Waals surface area contributed by atoms with Crippen LogP contribution in [0.25, 0.3) is 0 Å². The van der Waals surface area contributed by atoms with E-state index in [0.29, 0.717) is 0 Å². The van der Waals surface area contributed by atoms with Crippen molar-refractivity contribution >= 4 is 24.2 Å². The van der Waals surface area contributed by atoms with Gasteiger partial charge in [-0.1, -0.05) is 41.5 Å². The van der Waals surface area contributed by atoms with E-state index in [0.717, 1.165) is 0 Å². The molecule has 2 heterocycles. The van der Waals surface area contributed by atoms with Gasteiger partial charge in [0, 0.05) is 14.2 Å². The first-order valence-electron chi connectivity index (χ1n) is 11.3. The highest BCUT2D eigenvalue weighted by molar-refractivity contribution is 7.53. The summed E-state index contributed by atoms with van der Waals surface area (Å²) in [5.74, 6) is -1.39. The Bertz CT molecular complexity index is 710. The molecule has 8 nitrogen and oxygen atoms in total. The molecule has 0 amide bonds. The van der Waals surface area contributed by atoms with Gasteiger partial charge in [0.2, 0.25) is 5.79 Å². The van der Waals surface area contributed by atoms with Gasteiger partial charge in [-0.25, -0.2) is 0 Å². The number of fused-ring (bicyclic) bond motifs is 2. The maximum atomic E-state index is 13.2. The third kappa shape index (κ3) is 5.30. The second-order valence-corrected chi connectivity index (χ2v) is 23.8. The summed E-state index contributed by atoms with van der Waals surface area (Å²) < 4.78 is 50.0. The van der Waals surface area contributed by atoms with Crippen LogP contribution in [-0.2, 0) is 31.9 Å². The molecule has 2 fully saturated rings. The van der Waals surface area contributed by atoms with Crippen molar-refractivity contribution < 1.29 is 37.0 Å².